The molecule has 0 aliphatic heterocycles. The minimum absolute atomic E-state index is 0.518. The summed E-state index contributed by atoms with van der Waals surface area (Å²) in [5, 5.41) is 8.89. The van der Waals surface area contributed by atoms with Crippen LogP contribution in [0.3, 0.4) is 0 Å². The van der Waals surface area contributed by atoms with E-state index in [0.717, 1.165) is 28.1 Å². The summed E-state index contributed by atoms with van der Waals surface area (Å²) >= 11 is 0. The van der Waals surface area contributed by atoms with Crippen LogP contribution in [0.25, 0.3) is 33.9 Å². The predicted octanol–water partition coefficient (Wildman–Crippen LogP) is 4.38. The first-order valence-electron chi connectivity index (χ1n) is 8.56. The molecule has 27 heavy (non-hydrogen) atoms. The van der Waals surface area contributed by atoms with E-state index in [2.05, 4.69) is 0 Å². The quantitative estimate of drug-likeness (QED) is 0.542. The molecule has 0 amide bonds. The number of hydrogen-bond donors (Lipinski definition) is 1. The van der Waals surface area contributed by atoms with Gasteiger partial charge in [-0.3, -0.25) is 0 Å². The molecule has 1 N–H and O–H groups in total. The molecule has 5 heteroatoms. The molecular formula is C22H16BN2O2. The summed E-state index contributed by atoms with van der Waals surface area (Å²) in [6.45, 7) is 0. The summed E-state index contributed by atoms with van der Waals surface area (Å²) in [6.07, 6.45) is 0. The lowest BCUT2D eigenvalue weighted by Gasteiger charge is -2.10. The van der Waals surface area contributed by atoms with Crippen LogP contribution in [0.4, 0.5) is 0 Å². The monoisotopic (exact) mass is 351 g/mol. The van der Waals surface area contributed by atoms with Crippen molar-refractivity contribution in [1.82, 2.24) is 9.97 Å². The second kappa shape index (κ2) is 7.85. The molecule has 0 aliphatic rings. The fraction of sp³-hybridized carbons (Fsp3) is 0. The van der Waals surface area contributed by atoms with Crippen molar-refractivity contribution in [2.24, 2.45) is 0 Å². The molecule has 129 valence electrons. The van der Waals surface area contributed by atoms with Crippen LogP contribution < -0.4 is 4.65 Å². The molecule has 1 heterocycles. The largest absolute Gasteiger partial charge is 0.569 e. The topological polar surface area (TPSA) is 55.2 Å². The van der Waals surface area contributed by atoms with Gasteiger partial charge in [0.2, 0.25) is 0 Å². The Hall–Kier alpha value is -3.44. The lowest BCUT2D eigenvalue weighted by atomic mass is 10.1. The van der Waals surface area contributed by atoms with Crippen molar-refractivity contribution in [2.45, 2.75) is 0 Å². The highest BCUT2D eigenvalue weighted by Gasteiger charge is 2.11. The lowest BCUT2D eigenvalue weighted by molar-refractivity contribution is 0.454. The minimum Gasteiger partial charge on any atom is -0.537 e. The second-order valence-electron chi connectivity index (χ2n) is 5.95. The number of benzene rings is 3. The van der Waals surface area contributed by atoms with E-state index in [0.29, 0.717) is 19.3 Å². The molecule has 0 saturated heterocycles. The lowest BCUT2D eigenvalue weighted by Crippen LogP contribution is -2.00. The van der Waals surface area contributed by atoms with E-state index in [4.69, 9.17) is 19.6 Å². The Balaban J connectivity index is 1.87. The zero-order valence-electron chi connectivity index (χ0n) is 14.5. The molecule has 0 aliphatic carbocycles. The Morgan fingerprint density at radius 1 is 0.630 bits per heavy atom. The van der Waals surface area contributed by atoms with Gasteiger partial charge in [-0.25, -0.2) is 9.97 Å². The molecule has 0 saturated carbocycles. The number of nitrogens with zero attached hydrogens (tertiary/aromatic N) is 2. The second-order valence-corrected chi connectivity index (χ2v) is 5.95. The van der Waals surface area contributed by atoms with Crippen LogP contribution in [0.2, 0.25) is 0 Å². The van der Waals surface area contributed by atoms with Crippen molar-refractivity contribution < 1.29 is 9.68 Å². The van der Waals surface area contributed by atoms with E-state index in [-0.39, 0.29) is 0 Å². The Morgan fingerprint density at radius 2 is 1.19 bits per heavy atom. The third-order valence-corrected chi connectivity index (χ3v) is 4.15. The Kier molecular flexibility index (Phi) is 4.94. The molecule has 3 aromatic carbocycles. The van der Waals surface area contributed by atoms with Gasteiger partial charge in [-0.2, -0.15) is 0 Å². The van der Waals surface area contributed by atoms with Crippen LogP contribution in [0.1, 0.15) is 0 Å². The first-order valence-corrected chi connectivity index (χ1v) is 8.56. The summed E-state index contributed by atoms with van der Waals surface area (Å²) in [5.41, 5.74) is 4.55. The van der Waals surface area contributed by atoms with Crippen molar-refractivity contribution >= 4 is 7.69 Å². The van der Waals surface area contributed by atoms with Gasteiger partial charge in [0, 0.05) is 16.7 Å². The van der Waals surface area contributed by atoms with Crippen molar-refractivity contribution in [2.75, 3.05) is 0 Å². The van der Waals surface area contributed by atoms with Gasteiger partial charge in [-0.05, 0) is 18.2 Å². The average molecular weight is 351 g/mol. The number of rotatable bonds is 5. The highest BCUT2D eigenvalue weighted by atomic mass is 16.5. The van der Waals surface area contributed by atoms with Crippen LogP contribution in [-0.2, 0) is 0 Å². The Morgan fingerprint density at radius 3 is 1.74 bits per heavy atom. The first kappa shape index (κ1) is 17.0. The predicted molar refractivity (Wildman–Crippen MR) is 107 cm³/mol. The van der Waals surface area contributed by atoms with Gasteiger partial charge in [0.25, 0.3) is 0 Å². The number of hydrogen-bond acceptors (Lipinski definition) is 4. The maximum absolute atomic E-state index is 8.89. The molecular weight excluding hydrogens is 335 g/mol. The van der Waals surface area contributed by atoms with Gasteiger partial charge in [-0.15, -0.1) is 0 Å². The van der Waals surface area contributed by atoms with Gasteiger partial charge < -0.3 is 9.68 Å². The van der Waals surface area contributed by atoms with Gasteiger partial charge >= 0.3 is 7.69 Å². The first-order chi connectivity index (χ1) is 13.3. The Bertz CT molecular complexity index is 983. The molecule has 1 radical (unpaired) electrons. The van der Waals surface area contributed by atoms with E-state index in [1.54, 1.807) is 12.1 Å². The third-order valence-electron chi connectivity index (χ3n) is 4.15. The summed E-state index contributed by atoms with van der Waals surface area (Å²) in [4.78, 5) is 9.52. The highest BCUT2D eigenvalue weighted by molar-refractivity contribution is 6.17. The fourth-order valence-electron chi connectivity index (χ4n) is 2.86. The molecule has 1 aromatic heterocycles. The van der Waals surface area contributed by atoms with E-state index in [1.807, 2.05) is 78.9 Å². The van der Waals surface area contributed by atoms with Gasteiger partial charge in [0.1, 0.15) is 5.75 Å². The average Bonchev–Trinajstić information content (AvgIpc) is 2.75. The molecule has 0 unspecified atom stereocenters. The molecule has 0 spiro atoms. The zero-order valence-corrected chi connectivity index (χ0v) is 14.5. The van der Waals surface area contributed by atoms with Crippen molar-refractivity contribution in [1.29, 1.82) is 0 Å². The molecule has 0 bridgehead atoms. The van der Waals surface area contributed by atoms with Crippen molar-refractivity contribution in [3.8, 4) is 39.7 Å². The van der Waals surface area contributed by atoms with Crippen molar-refractivity contribution in [3.63, 3.8) is 0 Å². The van der Waals surface area contributed by atoms with E-state index in [9.17, 15) is 0 Å². The number of aromatic nitrogens is 2. The summed E-state index contributed by atoms with van der Waals surface area (Å²) in [5.74, 6) is 1.11. The van der Waals surface area contributed by atoms with Crippen LogP contribution in [0.5, 0.6) is 5.75 Å². The molecule has 4 aromatic rings. The van der Waals surface area contributed by atoms with Crippen molar-refractivity contribution in [3.05, 3.63) is 91.0 Å². The molecule has 0 atom stereocenters. The maximum Gasteiger partial charge on any atom is 0.569 e. The van der Waals surface area contributed by atoms with E-state index >= 15 is 0 Å². The van der Waals surface area contributed by atoms with Crippen LogP contribution in [-0.4, -0.2) is 22.7 Å². The smallest absolute Gasteiger partial charge is 0.537 e. The third kappa shape index (κ3) is 3.88. The maximum atomic E-state index is 8.89. The van der Waals surface area contributed by atoms with Crippen LogP contribution >= 0.6 is 0 Å². The van der Waals surface area contributed by atoms with Gasteiger partial charge in [-0.1, -0.05) is 72.8 Å². The van der Waals surface area contributed by atoms with Gasteiger partial charge in [0.15, 0.2) is 5.82 Å². The van der Waals surface area contributed by atoms with E-state index in [1.165, 1.54) is 0 Å². The normalized spacial score (nSPS) is 10.4. The SMILES string of the molecule is O[B]Oc1cccc(-c2nc(-c3ccccc3)cc(-c3ccccc3)n2)c1. The molecule has 4 rings (SSSR count). The summed E-state index contributed by atoms with van der Waals surface area (Å²) < 4.78 is 5.07. The standard InChI is InChI=1S/C22H16BN2O2/c26-23-27-19-13-7-12-18(14-19)22-24-20(16-8-3-1-4-9-16)15-21(25-22)17-10-5-2-6-11-17/h1-15,26H. The minimum atomic E-state index is 0.518. The van der Waals surface area contributed by atoms with Crippen LogP contribution in [0.15, 0.2) is 91.0 Å². The van der Waals surface area contributed by atoms with Gasteiger partial charge in [0.05, 0.1) is 11.4 Å². The summed E-state index contributed by atoms with van der Waals surface area (Å²) in [6, 6.07) is 29.4. The zero-order chi connectivity index (χ0) is 18.5. The highest BCUT2D eigenvalue weighted by Crippen LogP contribution is 2.28. The fourth-order valence-corrected chi connectivity index (χ4v) is 2.86. The molecule has 0 fully saturated rings. The summed E-state index contributed by atoms with van der Waals surface area (Å²) in [7, 11) is 0.662. The van der Waals surface area contributed by atoms with Crippen LogP contribution in [0, 0.1) is 0 Å². The van der Waals surface area contributed by atoms with E-state index < -0.39 is 0 Å². The Labute approximate surface area is 158 Å². The molecule has 4 nitrogen and oxygen atoms in total.